The number of carbonyl (C=O) groups is 2. The number of rotatable bonds is 6. The van der Waals surface area contributed by atoms with Gasteiger partial charge in [-0.15, -0.1) is 0 Å². The molecule has 0 N–H and O–H groups in total. The number of ketones is 1. The van der Waals surface area contributed by atoms with E-state index in [4.69, 9.17) is 4.74 Å². The Hall–Kier alpha value is -2.97. The van der Waals surface area contributed by atoms with E-state index in [1.807, 2.05) is 50.1 Å². The fourth-order valence-electron chi connectivity index (χ4n) is 4.53. The Balaban J connectivity index is 1.45. The molecule has 1 saturated heterocycles. The molecule has 174 valence electrons. The molecule has 0 atom stereocenters. The summed E-state index contributed by atoms with van der Waals surface area (Å²) in [6.45, 7) is 4.63. The second kappa shape index (κ2) is 8.76. The van der Waals surface area contributed by atoms with Gasteiger partial charge in [0.1, 0.15) is 0 Å². The fraction of sp³-hybridized carbons (Fsp3) is 0.360. The standard InChI is InChI=1S/C25H28N2O5S/c1-25(2)21-11-4-5-12-22(21)26(3)23(25)16-19(28)17-32-24(29)18-9-8-10-20(15-18)33(30,31)27-13-6-7-14-27/h4-5,8-12,15-16H,6-7,13-14,17H2,1-3H3/b23-16-. The highest BCUT2D eigenvalue weighted by Crippen LogP contribution is 2.46. The van der Waals surface area contributed by atoms with Gasteiger partial charge in [-0.25, -0.2) is 13.2 Å². The van der Waals surface area contributed by atoms with Crippen molar-refractivity contribution in [3.8, 4) is 0 Å². The number of nitrogens with zero attached hydrogens (tertiary/aromatic N) is 2. The third-order valence-corrected chi connectivity index (χ3v) is 8.25. The minimum atomic E-state index is -3.64. The van der Waals surface area contributed by atoms with E-state index in [2.05, 4.69) is 0 Å². The summed E-state index contributed by atoms with van der Waals surface area (Å²) in [4.78, 5) is 27.2. The second-order valence-electron chi connectivity index (χ2n) is 8.91. The van der Waals surface area contributed by atoms with E-state index in [-0.39, 0.29) is 21.7 Å². The third-order valence-electron chi connectivity index (χ3n) is 6.36. The zero-order chi connectivity index (χ0) is 23.8. The molecule has 2 aromatic carbocycles. The average Bonchev–Trinajstić information content (AvgIpc) is 3.41. The lowest BCUT2D eigenvalue weighted by Gasteiger charge is -2.23. The Morgan fingerprint density at radius 3 is 2.45 bits per heavy atom. The van der Waals surface area contributed by atoms with Crippen molar-refractivity contribution >= 4 is 27.5 Å². The molecule has 7 nitrogen and oxygen atoms in total. The van der Waals surface area contributed by atoms with Crippen LogP contribution in [0.2, 0.25) is 0 Å². The molecule has 0 bridgehead atoms. The maximum absolute atomic E-state index is 12.8. The van der Waals surface area contributed by atoms with Gasteiger partial charge in [-0.3, -0.25) is 4.79 Å². The van der Waals surface area contributed by atoms with Crippen molar-refractivity contribution in [2.75, 3.05) is 31.6 Å². The highest BCUT2D eigenvalue weighted by molar-refractivity contribution is 7.89. The molecule has 33 heavy (non-hydrogen) atoms. The van der Waals surface area contributed by atoms with E-state index in [9.17, 15) is 18.0 Å². The van der Waals surface area contributed by atoms with Crippen LogP contribution in [0.3, 0.4) is 0 Å². The Kier molecular flexibility index (Phi) is 6.16. The van der Waals surface area contributed by atoms with E-state index >= 15 is 0 Å². The van der Waals surface area contributed by atoms with E-state index in [0.29, 0.717) is 13.1 Å². The highest BCUT2D eigenvalue weighted by Gasteiger charge is 2.38. The van der Waals surface area contributed by atoms with Gasteiger partial charge < -0.3 is 9.64 Å². The predicted octanol–water partition coefficient (Wildman–Crippen LogP) is 3.51. The average molecular weight is 469 g/mol. The number of hydrogen-bond acceptors (Lipinski definition) is 6. The van der Waals surface area contributed by atoms with E-state index in [0.717, 1.165) is 29.8 Å². The molecule has 0 unspecified atom stereocenters. The summed E-state index contributed by atoms with van der Waals surface area (Å²) in [6, 6.07) is 13.7. The SMILES string of the molecule is CN1/C(=C\C(=O)COC(=O)c2cccc(S(=O)(=O)N3CCCC3)c2)C(C)(C)c2ccccc21. The first kappa shape index (κ1) is 23.2. The largest absolute Gasteiger partial charge is 0.454 e. The van der Waals surface area contributed by atoms with Crippen molar-refractivity contribution < 1.29 is 22.7 Å². The molecule has 2 heterocycles. The van der Waals surface area contributed by atoms with Crippen LogP contribution in [0.1, 0.15) is 42.6 Å². The molecule has 0 aliphatic carbocycles. The maximum Gasteiger partial charge on any atom is 0.338 e. The van der Waals surface area contributed by atoms with Crippen LogP contribution in [0.4, 0.5) is 5.69 Å². The van der Waals surface area contributed by atoms with Crippen molar-refractivity contribution in [2.24, 2.45) is 0 Å². The molecular formula is C25H28N2O5S. The summed E-state index contributed by atoms with van der Waals surface area (Å²) < 4.78 is 32.2. The van der Waals surface area contributed by atoms with E-state index < -0.39 is 22.6 Å². The normalized spacial score (nSPS) is 19.0. The van der Waals surface area contributed by atoms with Gasteiger partial charge in [0.2, 0.25) is 10.0 Å². The lowest BCUT2D eigenvalue weighted by Crippen LogP contribution is -2.28. The number of hydrogen-bond donors (Lipinski definition) is 0. The zero-order valence-electron chi connectivity index (χ0n) is 19.1. The second-order valence-corrected chi connectivity index (χ2v) is 10.9. The predicted molar refractivity (Wildman–Crippen MR) is 126 cm³/mol. The lowest BCUT2D eigenvalue weighted by atomic mass is 9.83. The first-order valence-corrected chi connectivity index (χ1v) is 12.4. The first-order valence-electron chi connectivity index (χ1n) is 11.0. The Labute approximate surface area is 194 Å². The van der Waals surface area contributed by atoms with Crippen molar-refractivity contribution in [3.63, 3.8) is 0 Å². The summed E-state index contributed by atoms with van der Waals surface area (Å²) in [5.74, 6) is -1.07. The number of benzene rings is 2. The van der Waals surface area contributed by atoms with Crippen LogP contribution in [0.15, 0.2) is 65.2 Å². The van der Waals surface area contributed by atoms with Gasteiger partial charge in [-0.2, -0.15) is 4.31 Å². The van der Waals surface area contributed by atoms with Gasteiger partial charge in [0, 0.05) is 43.0 Å². The van der Waals surface area contributed by atoms with Crippen LogP contribution < -0.4 is 4.90 Å². The van der Waals surface area contributed by atoms with Crippen LogP contribution in [0.25, 0.3) is 0 Å². The topological polar surface area (TPSA) is 84.0 Å². The quantitative estimate of drug-likeness (QED) is 0.477. The summed E-state index contributed by atoms with van der Waals surface area (Å²) >= 11 is 0. The number of sulfonamides is 1. The molecule has 0 spiro atoms. The van der Waals surface area contributed by atoms with E-state index in [1.165, 1.54) is 34.6 Å². The van der Waals surface area contributed by atoms with Crippen LogP contribution in [-0.4, -0.2) is 51.2 Å². The minimum absolute atomic E-state index is 0.0550. The molecule has 8 heteroatoms. The zero-order valence-corrected chi connectivity index (χ0v) is 19.9. The van der Waals surface area contributed by atoms with Crippen molar-refractivity contribution in [1.29, 1.82) is 0 Å². The Morgan fingerprint density at radius 1 is 1.06 bits per heavy atom. The lowest BCUT2D eigenvalue weighted by molar-refractivity contribution is -0.117. The van der Waals surface area contributed by atoms with Crippen molar-refractivity contribution in [2.45, 2.75) is 37.0 Å². The number of anilines is 1. The Bertz CT molecular complexity index is 1230. The van der Waals surface area contributed by atoms with Crippen LogP contribution in [-0.2, 0) is 25.0 Å². The molecule has 1 fully saturated rings. The number of allylic oxidation sites excluding steroid dienone is 1. The molecular weight excluding hydrogens is 440 g/mol. The van der Waals surface area contributed by atoms with Gasteiger partial charge in [-0.1, -0.05) is 38.1 Å². The van der Waals surface area contributed by atoms with Gasteiger partial charge in [0.05, 0.1) is 10.5 Å². The number of esters is 1. The highest BCUT2D eigenvalue weighted by atomic mass is 32.2. The van der Waals surface area contributed by atoms with E-state index in [1.54, 1.807) is 0 Å². The first-order chi connectivity index (χ1) is 15.6. The van der Waals surface area contributed by atoms with Gasteiger partial charge in [0.15, 0.2) is 12.4 Å². The fourth-order valence-corrected chi connectivity index (χ4v) is 6.10. The Morgan fingerprint density at radius 2 is 1.76 bits per heavy atom. The smallest absolute Gasteiger partial charge is 0.338 e. The van der Waals surface area contributed by atoms with Crippen molar-refractivity contribution in [3.05, 3.63) is 71.4 Å². The summed E-state index contributed by atoms with van der Waals surface area (Å²) in [7, 11) is -1.74. The number of para-hydroxylation sites is 1. The molecule has 2 aliphatic heterocycles. The van der Waals surface area contributed by atoms with Crippen LogP contribution in [0, 0.1) is 0 Å². The molecule has 0 radical (unpaired) electrons. The number of likely N-dealkylation sites (N-methyl/N-ethyl adjacent to an activating group) is 1. The van der Waals surface area contributed by atoms with Crippen LogP contribution in [0.5, 0.6) is 0 Å². The molecule has 0 saturated carbocycles. The van der Waals surface area contributed by atoms with Crippen molar-refractivity contribution in [1.82, 2.24) is 4.31 Å². The number of fused-ring (bicyclic) bond motifs is 1. The number of carbonyl (C=O) groups excluding carboxylic acids is 2. The third kappa shape index (κ3) is 4.32. The van der Waals surface area contributed by atoms with Crippen LogP contribution >= 0.6 is 0 Å². The molecule has 2 aliphatic rings. The molecule has 0 amide bonds. The minimum Gasteiger partial charge on any atom is -0.454 e. The summed E-state index contributed by atoms with van der Waals surface area (Å²) in [6.07, 6.45) is 3.17. The van der Waals surface area contributed by atoms with Gasteiger partial charge >= 0.3 is 5.97 Å². The molecule has 4 rings (SSSR count). The van der Waals surface area contributed by atoms with Gasteiger partial charge in [0.25, 0.3) is 0 Å². The van der Waals surface area contributed by atoms with Gasteiger partial charge in [-0.05, 0) is 42.7 Å². The molecule has 0 aromatic heterocycles. The number of ether oxygens (including phenoxy) is 1. The summed E-state index contributed by atoms with van der Waals surface area (Å²) in [5.41, 5.74) is 2.72. The summed E-state index contributed by atoms with van der Waals surface area (Å²) in [5, 5.41) is 0. The molecule has 2 aromatic rings. The monoisotopic (exact) mass is 468 g/mol. The maximum atomic E-state index is 12.8.